The minimum Gasteiger partial charge on any atom is -0.377 e. The molecule has 0 saturated heterocycles. The number of rotatable bonds is 10. The van der Waals surface area contributed by atoms with Crippen LogP contribution in [0.25, 0.3) is 0 Å². The third-order valence-corrected chi connectivity index (χ3v) is 4.78. The van der Waals surface area contributed by atoms with Gasteiger partial charge in [-0.3, -0.25) is 0 Å². The largest absolute Gasteiger partial charge is 0.377 e. The van der Waals surface area contributed by atoms with E-state index < -0.39 is 0 Å². The minimum absolute atomic E-state index is 0.746. The van der Waals surface area contributed by atoms with Crippen molar-refractivity contribution in [2.45, 2.75) is 38.3 Å². The molecule has 0 heterocycles. The van der Waals surface area contributed by atoms with Gasteiger partial charge in [0.15, 0.2) is 0 Å². The molecular formula is C19H24OSi. The van der Waals surface area contributed by atoms with Crippen LogP contribution in [0.1, 0.15) is 31.2 Å². The lowest BCUT2D eigenvalue weighted by Gasteiger charge is -2.04. The van der Waals surface area contributed by atoms with E-state index >= 15 is 0 Å². The third-order valence-electron chi connectivity index (χ3n) is 3.43. The van der Waals surface area contributed by atoms with E-state index in [2.05, 4.69) is 54.6 Å². The van der Waals surface area contributed by atoms with Gasteiger partial charge in [-0.15, -0.1) is 0 Å². The van der Waals surface area contributed by atoms with Gasteiger partial charge < -0.3 is 4.74 Å². The summed E-state index contributed by atoms with van der Waals surface area (Å²) in [4.78, 5) is 0. The van der Waals surface area contributed by atoms with Crippen LogP contribution in [0.2, 0.25) is 6.04 Å². The van der Waals surface area contributed by atoms with E-state index in [1.165, 1.54) is 42.5 Å². The molecule has 0 bridgehead atoms. The lowest BCUT2D eigenvalue weighted by Crippen LogP contribution is -2.12. The third kappa shape index (κ3) is 7.26. The average Bonchev–Trinajstić information content (AvgIpc) is 2.55. The van der Waals surface area contributed by atoms with Crippen molar-refractivity contribution < 1.29 is 4.74 Å². The summed E-state index contributed by atoms with van der Waals surface area (Å²) in [7, 11) is 0.967. The Hall–Kier alpha value is -1.38. The normalized spacial score (nSPS) is 10.7. The van der Waals surface area contributed by atoms with Gasteiger partial charge in [-0.25, -0.2) is 0 Å². The topological polar surface area (TPSA) is 9.23 Å². The molecule has 110 valence electrons. The Morgan fingerprint density at radius 1 is 0.714 bits per heavy atom. The summed E-state index contributed by atoms with van der Waals surface area (Å²) in [6.45, 7) is 1.63. The van der Waals surface area contributed by atoms with Crippen LogP contribution in [-0.4, -0.2) is 16.1 Å². The molecule has 2 heteroatoms. The Labute approximate surface area is 131 Å². The summed E-state index contributed by atoms with van der Waals surface area (Å²) in [5.41, 5.74) is 1.27. The summed E-state index contributed by atoms with van der Waals surface area (Å²) in [5.74, 6) is 0. The van der Waals surface area contributed by atoms with Crippen LogP contribution in [0, 0.1) is 0 Å². The van der Waals surface area contributed by atoms with E-state index in [1.54, 1.807) is 0 Å². The fourth-order valence-electron chi connectivity index (χ4n) is 2.24. The number of benzene rings is 2. The fraction of sp³-hybridized carbons (Fsp3) is 0.368. The van der Waals surface area contributed by atoms with Crippen molar-refractivity contribution in [3.63, 3.8) is 0 Å². The van der Waals surface area contributed by atoms with Crippen LogP contribution >= 0.6 is 0 Å². The smallest absolute Gasteiger partial charge is 0.0807 e. The van der Waals surface area contributed by atoms with Crippen molar-refractivity contribution in [1.29, 1.82) is 0 Å². The Balaban J connectivity index is 1.40. The molecule has 0 spiro atoms. The van der Waals surface area contributed by atoms with Crippen LogP contribution in [0.4, 0.5) is 0 Å². The van der Waals surface area contributed by atoms with Gasteiger partial charge in [0.05, 0.1) is 16.1 Å². The van der Waals surface area contributed by atoms with Crippen LogP contribution in [0.15, 0.2) is 60.7 Å². The molecule has 0 aliphatic rings. The molecule has 0 N–H and O–H groups in total. The van der Waals surface area contributed by atoms with E-state index in [1.807, 2.05) is 6.07 Å². The van der Waals surface area contributed by atoms with E-state index in [9.17, 15) is 0 Å². The molecular weight excluding hydrogens is 272 g/mol. The maximum absolute atomic E-state index is 5.70. The second kappa shape index (κ2) is 10.4. The van der Waals surface area contributed by atoms with E-state index in [0.717, 1.165) is 22.7 Å². The van der Waals surface area contributed by atoms with Crippen molar-refractivity contribution in [1.82, 2.24) is 0 Å². The van der Waals surface area contributed by atoms with Crippen LogP contribution in [0.3, 0.4) is 0 Å². The summed E-state index contributed by atoms with van der Waals surface area (Å²) in [5, 5.41) is 1.49. The van der Waals surface area contributed by atoms with Crippen molar-refractivity contribution in [3.8, 4) is 0 Å². The van der Waals surface area contributed by atoms with Gasteiger partial charge in [0.2, 0.25) is 0 Å². The van der Waals surface area contributed by atoms with Gasteiger partial charge in [0.1, 0.15) is 0 Å². The average molecular weight is 296 g/mol. The lowest BCUT2D eigenvalue weighted by molar-refractivity contribution is 0.117. The Kier molecular flexibility index (Phi) is 7.89. The molecule has 0 aliphatic carbocycles. The van der Waals surface area contributed by atoms with Gasteiger partial charge in [-0.05, 0) is 12.0 Å². The highest BCUT2D eigenvalue weighted by molar-refractivity contribution is 6.53. The predicted molar refractivity (Wildman–Crippen MR) is 91.2 cm³/mol. The summed E-state index contributed by atoms with van der Waals surface area (Å²) in [6, 6.07) is 22.5. The molecule has 0 aliphatic heterocycles. The first-order valence-corrected chi connectivity index (χ1v) is 9.06. The van der Waals surface area contributed by atoms with Gasteiger partial charge in [-0.1, -0.05) is 91.2 Å². The molecule has 1 nitrogen and oxygen atoms in total. The highest BCUT2D eigenvalue weighted by Gasteiger charge is 1.96. The van der Waals surface area contributed by atoms with Gasteiger partial charge >= 0.3 is 0 Å². The molecule has 2 aromatic carbocycles. The second-order valence-corrected chi connectivity index (χ2v) is 6.68. The highest BCUT2D eigenvalue weighted by atomic mass is 28.2. The number of hydrogen-bond acceptors (Lipinski definition) is 1. The quantitative estimate of drug-likeness (QED) is 0.471. The maximum atomic E-state index is 5.70. The number of unbranched alkanes of at least 4 members (excludes halogenated alkanes) is 3. The Bertz CT molecular complexity index is 424. The first-order valence-electron chi connectivity index (χ1n) is 7.86. The first-order chi connectivity index (χ1) is 10.4. The maximum Gasteiger partial charge on any atom is 0.0807 e. The van der Waals surface area contributed by atoms with Crippen LogP contribution < -0.4 is 5.19 Å². The molecule has 0 amide bonds. The minimum atomic E-state index is 0.746. The molecule has 0 fully saturated rings. The fourth-order valence-corrected chi connectivity index (χ4v) is 3.38. The van der Waals surface area contributed by atoms with E-state index in [-0.39, 0.29) is 0 Å². The highest BCUT2D eigenvalue weighted by Crippen LogP contribution is 2.05. The molecule has 2 aromatic rings. The molecule has 21 heavy (non-hydrogen) atoms. The monoisotopic (exact) mass is 296 g/mol. The zero-order chi connectivity index (χ0) is 14.6. The zero-order valence-corrected chi connectivity index (χ0v) is 13.6. The molecule has 0 saturated carbocycles. The van der Waals surface area contributed by atoms with Gasteiger partial charge in [-0.2, -0.15) is 0 Å². The zero-order valence-electron chi connectivity index (χ0n) is 12.6. The molecule has 0 aromatic heterocycles. The van der Waals surface area contributed by atoms with Gasteiger partial charge in [0, 0.05) is 6.61 Å². The van der Waals surface area contributed by atoms with Crippen molar-refractivity contribution >= 4 is 14.7 Å². The molecule has 0 unspecified atom stereocenters. The standard InChI is InChI=1S/C19H24OSi/c1(2-10-16-21-19-13-7-4-8-14-19)9-15-20-17-18-11-5-3-6-12-18/h3-8,11-14H,1-2,9-10,15-17H2. The Morgan fingerprint density at radius 2 is 1.38 bits per heavy atom. The summed E-state index contributed by atoms with van der Waals surface area (Å²) < 4.78 is 5.70. The van der Waals surface area contributed by atoms with E-state index in [4.69, 9.17) is 4.74 Å². The van der Waals surface area contributed by atoms with Crippen molar-refractivity contribution in [2.24, 2.45) is 0 Å². The van der Waals surface area contributed by atoms with E-state index in [0.29, 0.717) is 0 Å². The molecule has 2 rings (SSSR count). The lowest BCUT2D eigenvalue weighted by atomic mass is 10.2. The first kappa shape index (κ1) is 16.0. The molecule has 0 atom stereocenters. The van der Waals surface area contributed by atoms with Crippen LogP contribution in [-0.2, 0) is 11.3 Å². The number of hydrogen-bond donors (Lipinski definition) is 0. The van der Waals surface area contributed by atoms with Crippen molar-refractivity contribution in [3.05, 3.63) is 66.2 Å². The summed E-state index contributed by atoms with van der Waals surface area (Å²) >= 11 is 0. The molecule has 2 radical (unpaired) electrons. The van der Waals surface area contributed by atoms with Crippen LogP contribution in [0.5, 0.6) is 0 Å². The SMILES string of the molecule is c1ccc(COCCCCCC[Si]c2ccccc2)cc1. The second-order valence-electron chi connectivity index (χ2n) is 5.25. The number of ether oxygens (including phenoxy) is 1. The predicted octanol–water partition coefficient (Wildman–Crippen LogP) is 4.21. The summed E-state index contributed by atoms with van der Waals surface area (Å²) in [6.07, 6.45) is 5.13. The van der Waals surface area contributed by atoms with Gasteiger partial charge in [0.25, 0.3) is 0 Å². The van der Waals surface area contributed by atoms with Crippen molar-refractivity contribution in [2.75, 3.05) is 6.61 Å². The Morgan fingerprint density at radius 3 is 2.14 bits per heavy atom.